The van der Waals surface area contributed by atoms with Crippen LogP contribution in [0, 0.1) is 0 Å². The number of pyridine rings is 1. The molecule has 0 aliphatic rings. The molecule has 0 atom stereocenters. The molecule has 1 heterocycles. The van der Waals surface area contributed by atoms with Crippen molar-refractivity contribution in [1.82, 2.24) is 4.98 Å². The highest BCUT2D eigenvalue weighted by Crippen LogP contribution is 2.13. The molecule has 0 aliphatic heterocycles. The molecular weight excluding hydrogens is 330 g/mol. The van der Waals surface area contributed by atoms with Gasteiger partial charge in [0.2, 0.25) is 0 Å². The Morgan fingerprint density at radius 1 is 1.08 bits per heavy atom. The Hall–Kier alpha value is -3.47. The minimum atomic E-state index is -0.499. The molecule has 0 saturated heterocycles. The van der Waals surface area contributed by atoms with Gasteiger partial charge in [0, 0.05) is 5.52 Å². The van der Waals surface area contributed by atoms with Crippen molar-refractivity contribution in [2.45, 2.75) is 6.42 Å². The number of aromatic nitrogens is 1. The Balaban J connectivity index is 1.72. The largest absolute Gasteiger partial charge is 0.497 e. The molecule has 1 aromatic heterocycles. The maximum absolute atomic E-state index is 12.3. The lowest BCUT2D eigenvalue weighted by molar-refractivity contribution is -0.113. The fourth-order valence-electron chi connectivity index (χ4n) is 2.57. The van der Waals surface area contributed by atoms with E-state index in [0.717, 1.165) is 16.7 Å². The van der Waals surface area contributed by atoms with Crippen molar-refractivity contribution in [2.24, 2.45) is 0 Å². The van der Waals surface area contributed by atoms with Crippen molar-refractivity contribution in [3.63, 3.8) is 0 Å². The van der Waals surface area contributed by atoms with Gasteiger partial charge in [0.1, 0.15) is 5.75 Å². The van der Waals surface area contributed by atoms with E-state index in [2.05, 4.69) is 4.98 Å². The molecule has 0 radical (unpaired) electrons. The minimum Gasteiger partial charge on any atom is -0.497 e. The molecule has 0 bridgehead atoms. The fraction of sp³-hybridized carbons (Fsp3) is 0.0952. The van der Waals surface area contributed by atoms with Gasteiger partial charge in [0.15, 0.2) is 11.6 Å². The number of H-pyrrole nitrogens is 1. The van der Waals surface area contributed by atoms with Gasteiger partial charge in [-0.3, -0.25) is 14.4 Å². The van der Waals surface area contributed by atoms with Crippen LogP contribution in [0.5, 0.6) is 5.75 Å². The summed E-state index contributed by atoms with van der Waals surface area (Å²) in [6.07, 6.45) is 2.61. The normalized spacial score (nSPS) is 11.0. The SMILES string of the molecule is COc1ccc(/C=C\C(=O)CC(=O)c2cc3ccccc3[nH]c2=O)cc1. The van der Waals surface area contributed by atoms with Crippen LogP contribution in [0.2, 0.25) is 0 Å². The van der Waals surface area contributed by atoms with E-state index in [1.165, 1.54) is 12.1 Å². The first-order valence-corrected chi connectivity index (χ1v) is 8.07. The van der Waals surface area contributed by atoms with Gasteiger partial charge in [-0.1, -0.05) is 36.4 Å². The molecule has 26 heavy (non-hydrogen) atoms. The van der Waals surface area contributed by atoms with E-state index in [1.807, 2.05) is 6.07 Å². The predicted molar refractivity (Wildman–Crippen MR) is 101 cm³/mol. The van der Waals surface area contributed by atoms with Crippen molar-refractivity contribution in [3.8, 4) is 5.75 Å². The number of hydrogen-bond acceptors (Lipinski definition) is 4. The van der Waals surface area contributed by atoms with Crippen molar-refractivity contribution < 1.29 is 14.3 Å². The van der Waals surface area contributed by atoms with Gasteiger partial charge in [-0.2, -0.15) is 0 Å². The third kappa shape index (κ3) is 3.95. The summed E-state index contributed by atoms with van der Waals surface area (Å²) in [5.74, 6) is -0.140. The number of carbonyl (C=O) groups is 2. The van der Waals surface area contributed by atoms with E-state index in [-0.39, 0.29) is 17.8 Å². The maximum Gasteiger partial charge on any atom is 0.259 e. The monoisotopic (exact) mass is 347 g/mol. The van der Waals surface area contributed by atoms with Crippen LogP contribution < -0.4 is 10.3 Å². The van der Waals surface area contributed by atoms with Crippen LogP contribution in [0.15, 0.2) is 65.5 Å². The third-order valence-electron chi connectivity index (χ3n) is 3.97. The predicted octanol–water partition coefficient (Wildman–Crippen LogP) is 3.39. The van der Waals surface area contributed by atoms with E-state index < -0.39 is 11.3 Å². The van der Waals surface area contributed by atoms with Gasteiger partial charge < -0.3 is 9.72 Å². The number of methoxy groups -OCH3 is 1. The second-order valence-corrected chi connectivity index (χ2v) is 5.77. The molecule has 5 heteroatoms. The quantitative estimate of drug-likeness (QED) is 0.421. The highest BCUT2D eigenvalue weighted by Gasteiger charge is 2.14. The van der Waals surface area contributed by atoms with Crippen molar-refractivity contribution >= 4 is 28.5 Å². The van der Waals surface area contributed by atoms with E-state index >= 15 is 0 Å². The molecule has 0 spiro atoms. The van der Waals surface area contributed by atoms with Gasteiger partial charge in [-0.05, 0) is 41.3 Å². The van der Waals surface area contributed by atoms with E-state index in [1.54, 1.807) is 55.7 Å². The average molecular weight is 347 g/mol. The average Bonchev–Trinajstić information content (AvgIpc) is 2.66. The van der Waals surface area contributed by atoms with Gasteiger partial charge in [-0.15, -0.1) is 0 Å². The van der Waals surface area contributed by atoms with Gasteiger partial charge in [0.25, 0.3) is 5.56 Å². The van der Waals surface area contributed by atoms with Gasteiger partial charge in [0.05, 0.1) is 19.1 Å². The van der Waals surface area contributed by atoms with Crippen molar-refractivity contribution in [3.05, 3.63) is 82.2 Å². The molecular formula is C21H17NO4. The number of carbonyl (C=O) groups excluding carboxylic acids is 2. The number of hydrogen-bond donors (Lipinski definition) is 1. The first-order valence-electron chi connectivity index (χ1n) is 8.07. The minimum absolute atomic E-state index is 0.00472. The number of allylic oxidation sites excluding steroid dienone is 1. The van der Waals surface area contributed by atoms with Gasteiger partial charge in [-0.25, -0.2) is 0 Å². The molecule has 2 aromatic carbocycles. The van der Waals surface area contributed by atoms with Crippen LogP contribution in [0.3, 0.4) is 0 Å². The Bertz CT molecular complexity index is 1050. The topological polar surface area (TPSA) is 76.2 Å². The Morgan fingerprint density at radius 2 is 1.81 bits per heavy atom. The lowest BCUT2D eigenvalue weighted by Gasteiger charge is -2.02. The second kappa shape index (κ2) is 7.61. The van der Waals surface area contributed by atoms with Crippen molar-refractivity contribution in [1.29, 1.82) is 0 Å². The Labute approximate surface area is 149 Å². The summed E-state index contributed by atoms with van der Waals surface area (Å²) >= 11 is 0. The van der Waals surface area contributed by atoms with Crippen LogP contribution in [0.4, 0.5) is 0 Å². The molecule has 0 unspecified atom stereocenters. The number of nitrogens with one attached hydrogen (secondary N) is 1. The lowest BCUT2D eigenvalue weighted by Crippen LogP contribution is -2.19. The molecule has 0 aliphatic carbocycles. The summed E-state index contributed by atoms with van der Waals surface area (Å²) in [5, 5.41) is 0.747. The number of benzene rings is 2. The third-order valence-corrected chi connectivity index (χ3v) is 3.97. The number of para-hydroxylation sites is 1. The van der Waals surface area contributed by atoms with Crippen molar-refractivity contribution in [2.75, 3.05) is 7.11 Å². The zero-order valence-corrected chi connectivity index (χ0v) is 14.2. The summed E-state index contributed by atoms with van der Waals surface area (Å²) < 4.78 is 5.07. The summed E-state index contributed by atoms with van der Waals surface area (Å²) in [6, 6.07) is 15.9. The van der Waals surface area contributed by atoms with E-state index in [0.29, 0.717) is 5.52 Å². The second-order valence-electron chi connectivity index (χ2n) is 5.77. The summed E-state index contributed by atoms with van der Waals surface area (Å²) in [4.78, 5) is 39.1. The number of fused-ring (bicyclic) bond motifs is 1. The number of Topliss-reactive ketones (excluding diaryl/α,β-unsaturated/α-hetero) is 1. The van der Waals surface area contributed by atoms with E-state index in [4.69, 9.17) is 4.74 Å². The van der Waals surface area contributed by atoms with Gasteiger partial charge >= 0.3 is 0 Å². The maximum atomic E-state index is 12.3. The smallest absolute Gasteiger partial charge is 0.259 e. The molecule has 1 N–H and O–H groups in total. The standard InChI is InChI=1S/C21H17NO4/c1-26-17-10-7-14(8-11-17)6-9-16(23)13-20(24)18-12-15-4-2-3-5-19(15)22-21(18)25/h2-12H,13H2,1H3,(H,22,25)/b9-6-. The summed E-state index contributed by atoms with van der Waals surface area (Å²) in [5.41, 5.74) is 0.977. The van der Waals surface area contributed by atoms with Crippen LogP contribution in [-0.2, 0) is 4.79 Å². The zero-order valence-electron chi connectivity index (χ0n) is 14.2. The first kappa shape index (κ1) is 17.4. The fourth-order valence-corrected chi connectivity index (χ4v) is 2.57. The molecule has 0 amide bonds. The molecule has 0 fully saturated rings. The highest BCUT2D eigenvalue weighted by molar-refractivity contribution is 6.12. The molecule has 3 rings (SSSR count). The first-order chi connectivity index (χ1) is 12.6. The Kier molecular flexibility index (Phi) is 5.08. The van der Waals surface area contributed by atoms with Crippen LogP contribution in [0.1, 0.15) is 22.3 Å². The number of rotatable bonds is 6. The molecule has 130 valence electrons. The van der Waals surface area contributed by atoms with Crippen LogP contribution in [0.25, 0.3) is 17.0 Å². The van der Waals surface area contributed by atoms with E-state index in [9.17, 15) is 14.4 Å². The number of ether oxygens (including phenoxy) is 1. The molecule has 5 nitrogen and oxygen atoms in total. The summed E-state index contributed by atoms with van der Waals surface area (Å²) in [6.45, 7) is 0. The number of ketones is 2. The molecule has 3 aromatic rings. The lowest BCUT2D eigenvalue weighted by atomic mass is 10.0. The Morgan fingerprint density at radius 3 is 2.54 bits per heavy atom. The highest BCUT2D eigenvalue weighted by atomic mass is 16.5. The molecule has 0 saturated carbocycles. The number of aromatic amines is 1. The summed E-state index contributed by atoms with van der Waals surface area (Å²) in [7, 11) is 1.58. The zero-order chi connectivity index (χ0) is 18.5. The van der Waals surface area contributed by atoms with Crippen LogP contribution in [-0.4, -0.2) is 23.7 Å². The van der Waals surface area contributed by atoms with Crippen LogP contribution >= 0.6 is 0 Å².